The number of rotatable bonds is 3. The molecule has 4 heteroatoms. The van der Waals surface area contributed by atoms with Crippen molar-refractivity contribution < 1.29 is 9.32 Å². The van der Waals surface area contributed by atoms with Crippen LogP contribution in [0.5, 0.6) is 0 Å². The van der Waals surface area contributed by atoms with Crippen molar-refractivity contribution in [1.82, 2.24) is 10.1 Å². The molecule has 3 atom stereocenters. The van der Waals surface area contributed by atoms with Crippen LogP contribution in [-0.4, -0.2) is 28.6 Å². The largest absolute Gasteiger partial charge is 0.351 e. The van der Waals surface area contributed by atoms with E-state index in [0.717, 1.165) is 31.0 Å². The number of amides is 1. The van der Waals surface area contributed by atoms with Gasteiger partial charge in [-0.25, -0.2) is 0 Å². The zero-order valence-corrected chi connectivity index (χ0v) is 11.1. The molecule has 1 aliphatic heterocycles. The Hall–Kier alpha value is -1.32. The quantitative estimate of drug-likeness (QED) is 0.826. The minimum absolute atomic E-state index is 0.0317. The fourth-order valence-corrected chi connectivity index (χ4v) is 3.15. The van der Waals surface area contributed by atoms with Crippen LogP contribution in [0.2, 0.25) is 0 Å². The van der Waals surface area contributed by atoms with Gasteiger partial charge in [-0.05, 0) is 31.6 Å². The van der Waals surface area contributed by atoms with E-state index in [9.17, 15) is 4.79 Å². The maximum atomic E-state index is 12.4. The predicted molar refractivity (Wildman–Crippen MR) is 67.4 cm³/mol. The second kappa shape index (κ2) is 4.41. The van der Waals surface area contributed by atoms with E-state index in [1.165, 1.54) is 12.8 Å². The van der Waals surface area contributed by atoms with E-state index in [1.807, 2.05) is 11.0 Å². The van der Waals surface area contributed by atoms with Crippen LogP contribution in [0.15, 0.2) is 10.6 Å². The van der Waals surface area contributed by atoms with Crippen LogP contribution in [0.3, 0.4) is 0 Å². The lowest BCUT2D eigenvalue weighted by atomic mass is 10.1. The Labute approximate surface area is 107 Å². The maximum absolute atomic E-state index is 12.4. The molecule has 18 heavy (non-hydrogen) atoms. The lowest BCUT2D eigenvalue weighted by molar-refractivity contribution is 0.0661. The molecule has 0 radical (unpaired) electrons. The van der Waals surface area contributed by atoms with Crippen molar-refractivity contribution in [1.29, 1.82) is 0 Å². The van der Waals surface area contributed by atoms with Crippen molar-refractivity contribution in [2.75, 3.05) is 6.54 Å². The summed E-state index contributed by atoms with van der Waals surface area (Å²) < 4.78 is 5.23. The Morgan fingerprint density at radius 3 is 3.06 bits per heavy atom. The molecule has 1 aliphatic carbocycles. The van der Waals surface area contributed by atoms with Crippen molar-refractivity contribution >= 4 is 5.91 Å². The number of aromatic nitrogens is 1. The number of hydrogen-bond donors (Lipinski definition) is 0. The van der Waals surface area contributed by atoms with Gasteiger partial charge in [0.15, 0.2) is 0 Å². The molecule has 3 rings (SSSR count). The average Bonchev–Trinajstić information content (AvgIpc) is 3.11. The number of carbonyl (C=O) groups is 1. The highest BCUT2D eigenvalue weighted by Crippen LogP contribution is 2.38. The molecule has 1 aromatic heterocycles. The molecule has 0 N–H and O–H groups in total. The van der Waals surface area contributed by atoms with E-state index in [-0.39, 0.29) is 5.91 Å². The van der Waals surface area contributed by atoms with Crippen molar-refractivity contribution in [3.8, 4) is 0 Å². The second-order valence-corrected chi connectivity index (χ2v) is 5.72. The van der Waals surface area contributed by atoms with Gasteiger partial charge in [0.1, 0.15) is 0 Å². The summed E-state index contributed by atoms with van der Waals surface area (Å²) in [6.45, 7) is 5.12. The first kappa shape index (κ1) is 11.8. The van der Waals surface area contributed by atoms with E-state index in [2.05, 4.69) is 19.0 Å². The summed E-state index contributed by atoms with van der Waals surface area (Å²) in [5.74, 6) is 1.52. The smallest absolute Gasteiger partial charge is 0.292 e. The van der Waals surface area contributed by atoms with Gasteiger partial charge in [0.05, 0.1) is 5.69 Å². The zero-order chi connectivity index (χ0) is 12.7. The van der Waals surface area contributed by atoms with Crippen LogP contribution in [0.4, 0.5) is 0 Å². The molecule has 2 bridgehead atoms. The highest BCUT2D eigenvalue weighted by molar-refractivity contribution is 5.92. The Bertz CT molecular complexity index is 454. The number of fused-ring (bicyclic) bond motifs is 2. The standard InChI is InChI=1S/C14H20N2O2/c1-3-9(2)12-7-13(18-15-12)14(17)16-8-10-4-5-11(16)6-10/h7,9-11H,3-6,8H2,1-2H3. The predicted octanol–water partition coefficient (Wildman–Crippen LogP) is 2.81. The van der Waals surface area contributed by atoms with Crippen LogP contribution in [-0.2, 0) is 0 Å². The average molecular weight is 248 g/mol. The highest BCUT2D eigenvalue weighted by atomic mass is 16.5. The number of hydrogen-bond acceptors (Lipinski definition) is 3. The molecule has 1 saturated carbocycles. The van der Waals surface area contributed by atoms with Gasteiger partial charge in [-0.2, -0.15) is 0 Å². The molecule has 0 aromatic carbocycles. The van der Waals surface area contributed by atoms with Crippen LogP contribution >= 0.6 is 0 Å². The summed E-state index contributed by atoms with van der Waals surface area (Å²) in [5, 5.41) is 4.02. The Morgan fingerprint density at radius 1 is 1.61 bits per heavy atom. The molecule has 4 nitrogen and oxygen atoms in total. The zero-order valence-electron chi connectivity index (χ0n) is 11.1. The van der Waals surface area contributed by atoms with Gasteiger partial charge >= 0.3 is 0 Å². The van der Waals surface area contributed by atoms with Gasteiger partial charge in [-0.1, -0.05) is 19.0 Å². The van der Waals surface area contributed by atoms with E-state index < -0.39 is 0 Å². The molecular formula is C14H20N2O2. The summed E-state index contributed by atoms with van der Waals surface area (Å²) in [6, 6.07) is 2.27. The monoisotopic (exact) mass is 248 g/mol. The molecule has 1 aromatic rings. The van der Waals surface area contributed by atoms with Crippen molar-refractivity contribution in [2.45, 2.75) is 51.5 Å². The minimum Gasteiger partial charge on any atom is -0.351 e. The van der Waals surface area contributed by atoms with Crippen LogP contribution in [0.25, 0.3) is 0 Å². The van der Waals surface area contributed by atoms with Gasteiger partial charge in [-0.3, -0.25) is 4.79 Å². The SMILES string of the molecule is CCC(C)c1cc(C(=O)N2CC3CCC2C3)on1. The first-order valence-corrected chi connectivity index (χ1v) is 6.96. The molecule has 2 aliphatic rings. The van der Waals surface area contributed by atoms with E-state index in [0.29, 0.717) is 17.7 Å². The van der Waals surface area contributed by atoms with Crippen LogP contribution < -0.4 is 0 Å². The molecule has 1 amide bonds. The number of piperidine rings is 1. The minimum atomic E-state index is 0.0317. The van der Waals surface area contributed by atoms with Gasteiger partial charge in [0.2, 0.25) is 5.76 Å². The first-order valence-electron chi connectivity index (χ1n) is 6.96. The first-order chi connectivity index (χ1) is 8.69. The van der Waals surface area contributed by atoms with Crippen molar-refractivity contribution in [3.05, 3.63) is 17.5 Å². The molecule has 2 fully saturated rings. The molecule has 2 heterocycles. The normalized spacial score (nSPS) is 27.8. The third kappa shape index (κ3) is 1.84. The Balaban J connectivity index is 1.74. The van der Waals surface area contributed by atoms with Gasteiger partial charge in [-0.15, -0.1) is 0 Å². The van der Waals surface area contributed by atoms with Crippen LogP contribution in [0, 0.1) is 5.92 Å². The van der Waals surface area contributed by atoms with E-state index in [4.69, 9.17) is 4.52 Å². The number of nitrogens with zero attached hydrogens (tertiary/aromatic N) is 2. The lowest BCUT2D eigenvalue weighted by Gasteiger charge is -2.25. The van der Waals surface area contributed by atoms with Crippen molar-refractivity contribution in [2.24, 2.45) is 5.92 Å². The maximum Gasteiger partial charge on any atom is 0.292 e. The topological polar surface area (TPSA) is 46.3 Å². The fraction of sp³-hybridized carbons (Fsp3) is 0.714. The van der Waals surface area contributed by atoms with Gasteiger partial charge in [0.25, 0.3) is 5.91 Å². The summed E-state index contributed by atoms with van der Waals surface area (Å²) in [7, 11) is 0. The molecular weight excluding hydrogens is 228 g/mol. The van der Waals surface area contributed by atoms with Gasteiger partial charge in [0, 0.05) is 24.6 Å². The van der Waals surface area contributed by atoms with Gasteiger partial charge < -0.3 is 9.42 Å². The third-order valence-corrected chi connectivity index (χ3v) is 4.53. The second-order valence-electron chi connectivity index (χ2n) is 5.72. The fourth-order valence-electron chi connectivity index (χ4n) is 3.15. The summed E-state index contributed by atoms with van der Waals surface area (Å²) in [4.78, 5) is 14.3. The van der Waals surface area contributed by atoms with E-state index >= 15 is 0 Å². The number of carbonyl (C=O) groups excluding carboxylic acids is 1. The molecule has 3 unspecified atom stereocenters. The molecule has 1 saturated heterocycles. The Morgan fingerprint density at radius 2 is 2.44 bits per heavy atom. The molecule has 0 spiro atoms. The van der Waals surface area contributed by atoms with Crippen LogP contribution in [0.1, 0.15) is 61.7 Å². The van der Waals surface area contributed by atoms with E-state index in [1.54, 1.807) is 0 Å². The lowest BCUT2D eigenvalue weighted by Crippen LogP contribution is -2.37. The summed E-state index contributed by atoms with van der Waals surface area (Å²) in [6.07, 6.45) is 4.62. The summed E-state index contributed by atoms with van der Waals surface area (Å²) >= 11 is 0. The van der Waals surface area contributed by atoms with Crippen molar-refractivity contribution in [3.63, 3.8) is 0 Å². The summed E-state index contributed by atoms with van der Waals surface area (Å²) in [5.41, 5.74) is 0.894. The Kier molecular flexibility index (Phi) is 2.88. The third-order valence-electron chi connectivity index (χ3n) is 4.53. The highest BCUT2D eigenvalue weighted by Gasteiger charge is 2.41. The number of likely N-dealkylation sites (tertiary alicyclic amines) is 1. The molecule has 98 valence electrons.